The van der Waals surface area contributed by atoms with E-state index in [2.05, 4.69) is 4.90 Å². The molecule has 1 atom stereocenters. The van der Waals surface area contributed by atoms with Gasteiger partial charge in [0.1, 0.15) is 0 Å². The summed E-state index contributed by atoms with van der Waals surface area (Å²) in [5.74, 6) is -1.06. The smallest absolute Gasteiger partial charge is 0.200 e. The maximum atomic E-state index is 15.9. The van der Waals surface area contributed by atoms with Gasteiger partial charge in [0.15, 0.2) is 28.8 Å². The molecular weight excluding hydrogens is 467 g/mol. The van der Waals surface area contributed by atoms with Crippen molar-refractivity contribution in [1.29, 1.82) is 0 Å². The number of ketones is 1. The lowest BCUT2D eigenvalue weighted by atomic mass is 9.83. The molecule has 0 amide bonds. The number of Topliss-reactive ketones (excluding diaryl/α,β-unsaturated/α-hetero) is 1. The fraction of sp³-hybridized carbons (Fsp3) is 0.500. The average molecular weight is 498 g/mol. The van der Waals surface area contributed by atoms with Gasteiger partial charge < -0.3 is 9.47 Å². The zero-order chi connectivity index (χ0) is 23.6. The molecule has 8 heteroatoms. The fourth-order valence-corrected chi connectivity index (χ4v) is 4.99. The molecule has 0 bridgehead atoms. The second-order valence-electron chi connectivity index (χ2n) is 8.97. The van der Waals surface area contributed by atoms with Crippen LogP contribution in [0.5, 0.6) is 11.5 Å². The van der Waals surface area contributed by atoms with Crippen LogP contribution in [0.2, 0.25) is 0 Å². The van der Waals surface area contributed by atoms with Gasteiger partial charge in [-0.3, -0.25) is 9.69 Å². The van der Waals surface area contributed by atoms with Gasteiger partial charge in [0, 0.05) is 18.5 Å². The Morgan fingerprint density at radius 1 is 1.00 bits per heavy atom. The second kappa shape index (κ2) is 11.0. The number of carbonyl (C=O) groups is 1. The molecule has 0 saturated carbocycles. The van der Waals surface area contributed by atoms with Crippen molar-refractivity contribution in [1.82, 2.24) is 4.90 Å². The number of halogens is 4. The predicted molar refractivity (Wildman–Crippen MR) is 127 cm³/mol. The molecule has 1 aliphatic carbocycles. The van der Waals surface area contributed by atoms with Crippen molar-refractivity contribution in [3.63, 3.8) is 0 Å². The van der Waals surface area contributed by atoms with Gasteiger partial charge in [-0.15, -0.1) is 12.4 Å². The standard InChI is InChI=1S/C26H30F3NO3.ClH/c1-3-32-23-12-19-15-26(29,25(31)20(19)13-24(23)33-4-2)14-17-7-9-30(10-8-17)16-18-5-6-21(27)22(28)11-18;/h5-6,11-13,17H,3-4,7-10,14-16H2,1-2H3;1H. The first-order chi connectivity index (χ1) is 15.8. The number of hydrogen-bond donors (Lipinski definition) is 0. The molecular formula is C26H31ClF3NO3. The number of fused-ring (bicyclic) bond motifs is 1. The number of piperidine rings is 1. The topological polar surface area (TPSA) is 38.8 Å². The molecule has 1 saturated heterocycles. The molecule has 4 rings (SSSR count). The minimum Gasteiger partial charge on any atom is -0.490 e. The highest BCUT2D eigenvalue weighted by atomic mass is 35.5. The number of ether oxygens (including phenoxy) is 2. The third-order valence-corrected chi connectivity index (χ3v) is 6.60. The molecule has 0 aromatic heterocycles. The van der Waals surface area contributed by atoms with Gasteiger partial charge in [0.05, 0.1) is 13.2 Å². The SMILES string of the molecule is CCOc1cc2c(cc1OCC)C(=O)C(F)(CC1CCN(Cc3ccc(F)c(F)c3)CC1)C2.Cl. The Bertz CT molecular complexity index is 1030. The first-order valence-corrected chi connectivity index (χ1v) is 11.7. The van der Waals surface area contributed by atoms with E-state index in [0.717, 1.165) is 32.0 Å². The van der Waals surface area contributed by atoms with Crippen LogP contribution >= 0.6 is 12.4 Å². The molecule has 2 aliphatic rings. The largest absolute Gasteiger partial charge is 0.490 e. The predicted octanol–water partition coefficient (Wildman–Crippen LogP) is 5.93. The molecule has 186 valence electrons. The lowest BCUT2D eigenvalue weighted by Gasteiger charge is -2.34. The summed E-state index contributed by atoms with van der Waals surface area (Å²) >= 11 is 0. The van der Waals surface area contributed by atoms with E-state index in [4.69, 9.17) is 9.47 Å². The second-order valence-corrected chi connectivity index (χ2v) is 8.97. The summed E-state index contributed by atoms with van der Waals surface area (Å²) in [5.41, 5.74) is -0.139. The van der Waals surface area contributed by atoms with Crippen LogP contribution in [-0.2, 0) is 13.0 Å². The minimum atomic E-state index is -1.91. The van der Waals surface area contributed by atoms with Crippen LogP contribution in [0.3, 0.4) is 0 Å². The zero-order valence-corrected chi connectivity index (χ0v) is 20.4. The number of likely N-dealkylation sites (tertiary alicyclic amines) is 1. The van der Waals surface area contributed by atoms with Gasteiger partial charge in [0.2, 0.25) is 5.78 Å². The monoisotopic (exact) mass is 497 g/mol. The molecule has 4 nitrogen and oxygen atoms in total. The van der Waals surface area contributed by atoms with E-state index >= 15 is 4.39 Å². The molecule has 1 fully saturated rings. The normalized spacial score (nSPS) is 20.7. The van der Waals surface area contributed by atoms with E-state index in [1.54, 1.807) is 18.2 Å². The van der Waals surface area contributed by atoms with E-state index in [-0.39, 0.29) is 31.2 Å². The summed E-state index contributed by atoms with van der Waals surface area (Å²) in [7, 11) is 0. The number of hydrogen-bond acceptors (Lipinski definition) is 4. The van der Waals surface area contributed by atoms with Crippen molar-refractivity contribution in [2.24, 2.45) is 5.92 Å². The highest BCUT2D eigenvalue weighted by Gasteiger charge is 2.48. The maximum Gasteiger partial charge on any atom is 0.200 e. The first-order valence-electron chi connectivity index (χ1n) is 11.7. The van der Waals surface area contributed by atoms with Gasteiger partial charge in [-0.1, -0.05) is 6.07 Å². The molecule has 0 N–H and O–H groups in total. The molecule has 1 aliphatic heterocycles. The van der Waals surface area contributed by atoms with Gasteiger partial charge in [0.25, 0.3) is 0 Å². The summed E-state index contributed by atoms with van der Waals surface area (Å²) < 4.78 is 53.8. The molecule has 2 aromatic rings. The van der Waals surface area contributed by atoms with Crippen LogP contribution in [0.25, 0.3) is 0 Å². The number of carbonyl (C=O) groups excluding carboxylic acids is 1. The molecule has 0 spiro atoms. The number of rotatable bonds is 8. The summed E-state index contributed by atoms with van der Waals surface area (Å²) in [5, 5.41) is 0. The van der Waals surface area contributed by atoms with Gasteiger partial charge >= 0.3 is 0 Å². The van der Waals surface area contributed by atoms with Crippen LogP contribution in [-0.4, -0.2) is 42.7 Å². The lowest BCUT2D eigenvalue weighted by molar-refractivity contribution is 0.0587. The van der Waals surface area contributed by atoms with Crippen LogP contribution < -0.4 is 9.47 Å². The average Bonchev–Trinajstić information content (AvgIpc) is 3.02. The number of benzene rings is 2. The van der Waals surface area contributed by atoms with Gasteiger partial charge in [-0.25, -0.2) is 13.2 Å². The number of alkyl halides is 1. The van der Waals surface area contributed by atoms with Crippen molar-refractivity contribution >= 4 is 18.2 Å². The summed E-state index contributed by atoms with van der Waals surface area (Å²) in [6.45, 7) is 6.58. The highest BCUT2D eigenvalue weighted by Crippen LogP contribution is 2.43. The van der Waals surface area contributed by atoms with Crippen molar-refractivity contribution in [2.45, 2.75) is 51.7 Å². The van der Waals surface area contributed by atoms with E-state index in [1.165, 1.54) is 6.07 Å². The zero-order valence-electron chi connectivity index (χ0n) is 19.5. The third kappa shape index (κ3) is 5.52. The van der Waals surface area contributed by atoms with Gasteiger partial charge in [-0.05, 0) is 87.5 Å². The van der Waals surface area contributed by atoms with Crippen LogP contribution in [0.15, 0.2) is 30.3 Å². The molecule has 2 aromatic carbocycles. The van der Waals surface area contributed by atoms with Crippen molar-refractivity contribution in [3.05, 3.63) is 58.7 Å². The Morgan fingerprint density at radius 3 is 2.26 bits per heavy atom. The summed E-state index contributed by atoms with van der Waals surface area (Å²) in [6.07, 6.45) is 1.76. The first kappa shape index (κ1) is 26.4. The van der Waals surface area contributed by atoms with Gasteiger partial charge in [-0.2, -0.15) is 0 Å². The minimum absolute atomic E-state index is 0. The Hall–Kier alpha value is -2.25. The Labute approximate surface area is 204 Å². The Morgan fingerprint density at radius 2 is 1.65 bits per heavy atom. The molecule has 1 heterocycles. The Kier molecular flexibility index (Phi) is 8.52. The number of nitrogens with zero attached hydrogens (tertiary/aromatic N) is 1. The quantitative estimate of drug-likeness (QED) is 0.453. The van der Waals surface area contributed by atoms with Crippen molar-refractivity contribution < 1.29 is 27.4 Å². The molecule has 0 radical (unpaired) electrons. The van der Waals surface area contributed by atoms with Crippen molar-refractivity contribution in [3.8, 4) is 11.5 Å². The lowest BCUT2D eigenvalue weighted by Crippen LogP contribution is -2.38. The summed E-state index contributed by atoms with van der Waals surface area (Å²) in [4.78, 5) is 15.2. The molecule has 34 heavy (non-hydrogen) atoms. The third-order valence-electron chi connectivity index (χ3n) is 6.60. The van der Waals surface area contributed by atoms with E-state index in [0.29, 0.717) is 47.9 Å². The van der Waals surface area contributed by atoms with Crippen molar-refractivity contribution in [2.75, 3.05) is 26.3 Å². The van der Waals surface area contributed by atoms with E-state index < -0.39 is 23.1 Å². The highest BCUT2D eigenvalue weighted by molar-refractivity contribution is 6.07. The Balaban J connectivity index is 0.00000324. The molecule has 1 unspecified atom stereocenters. The van der Waals surface area contributed by atoms with E-state index in [1.807, 2.05) is 13.8 Å². The summed E-state index contributed by atoms with van der Waals surface area (Å²) in [6, 6.07) is 7.31. The maximum absolute atomic E-state index is 15.9. The van der Waals surface area contributed by atoms with Crippen LogP contribution in [0.1, 0.15) is 54.6 Å². The van der Waals surface area contributed by atoms with E-state index in [9.17, 15) is 13.6 Å². The van der Waals surface area contributed by atoms with Crippen LogP contribution in [0, 0.1) is 17.6 Å². The fourth-order valence-electron chi connectivity index (χ4n) is 4.99. The van der Waals surface area contributed by atoms with Crippen LogP contribution in [0.4, 0.5) is 13.2 Å².